The van der Waals surface area contributed by atoms with Crippen molar-refractivity contribution in [3.05, 3.63) is 48.2 Å². The average Bonchev–Trinajstić information content (AvgIpc) is 2.80. The summed E-state index contributed by atoms with van der Waals surface area (Å²) in [6, 6.07) is 10.3. The predicted octanol–water partition coefficient (Wildman–Crippen LogP) is 3.85. The molecule has 0 radical (unpaired) electrons. The smallest absolute Gasteiger partial charge is 0.268 e. The fourth-order valence-corrected chi connectivity index (χ4v) is 3.74. The van der Waals surface area contributed by atoms with Crippen LogP contribution in [0.1, 0.15) is 49.4 Å². The number of amides is 2. The van der Waals surface area contributed by atoms with Crippen LogP contribution in [0.15, 0.2) is 42.6 Å². The number of fused-ring (bicyclic) bond motifs is 4. The minimum atomic E-state index is -0.663. The zero-order valence-electron chi connectivity index (χ0n) is 18.5. The van der Waals surface area contributed by atoms with E-state index >= 15 is 0 Å². The molecule has 1 aromatic carbocycles. The summed E-state index contributed by atoms with van der Waals surface area (Å²) in [6.07, 6.45) is 6.12. The Kier molecular flexibility index (Phi) is 8.00. The van der Waals surface area contributed by atoms with Crippen molar-refractivity contribution < 1.29 is 19.2 Å². The van der Waals surface area contributed by atoms with Crippen LogP contribution >= 0.6 is 0 Å². The molecule has 31 heavy (non-hydrogen) atoms. The molecule has 7 heteroatoms. The number of ether oxygens (including phenoxy) is 1. The van der Waals surface area contributed by atoms with Gasteiger partial charge in [-0.1, -0.05) is 31.5 Å². The van der Waals surface area contributed by atoms with E-state index in [-0.39, 0.29) is 11.8 Å². The zero-order chi connectivity index (χ0) is 22.2. The van der Waals surface area contributed by atoms with E-state index in [4.69, 9.17) is 9.57 Å². The highest BCUT2D eigenvalue weighted by molar-refractivity contribution is 6.02. The molecule has 0 saturated heterocycles. The number of pyridine rings is 1. The Morgan fingerprint density at radius 3 is 2.71 bits per heavy atom. The lowest BCUT2D eigenvalue weighted by atomic mass is 9.95. The second-order valence-corrected chi connectivity index (χ2v) is 7.99. The van der Waals surface area contributed by atoms with Gasteiger partial charge in [0.1, 0.15) is 11.8 Å². The molecule has 2 heterocycles. The largest absolute Gasteiger partial charge is 0.493 e. The first-order valence-electron chi connectivity index (χ1n) is 10.8. The van der Waals surface area contributed by atoms with Gasteiger partial charge in [0.25, 0.3) is 11.8 Å². The van der Waals surface area contributed by atoms with Crippen molar-refractivity contribution >= 4 is 11.8 Å². The third-order valence-corrected chi connectivity index (χ3v) is 5.67. The van der Waals surface area contributed by atoms with Crippen LogP contribution in [-0.4, -0.2) is 48.7 Å². The van der Waals surface area contributed by atoms with E-state index in [1.54, 1.807) is 25.4 Å². The molecule has 0 spiro atoms. The van der Waals surface area contributed by atoms with Gasteiger partial charge in [-0.25, -0.2) is 5.06 Å². The van der Waals surface area contributed by atoms with Crippen LogP contribution in [0.5, 0.6) is 5.75 Å². The number of likely N-dealkylation sites (N-methyl/N-ethyl adjacent to an activating group) is 1. The van der Waals surface area contributed by atoms with Crippen molar-refractivity contribution in [2.45, 2.75) is 45.1 Å². The zero-order valence-corrected chi connectivity index (χ0v) is 18.5. The second kappa shape index (κ2) is 10.9. The molecule has 0 aliphatic carbocycles. The maximum atomic E-state index is 13.2. The number of aromatic nitrogens is 1. The van der Waals surface area contributed by atoms with Crippen molar-refractivity contribution in [2.75, 3.05) is 20.8 Å². The van der Waals surface area contributed by atoms with Gasteiger partial charge >= 0.3 is 0 Å². The number of rotatable bonds is 2. The summed E-state index contributed by atoms with van der Waals surface area (Å²) < 4.78 is 5.91. The molecule has 1 aromatic heterocycles. The number of nitrogens with zero attached hydrogens (tertiary/aromatic N) is 2. The van der Waals surface area contributed by atoms with Gasteiger partial charge in [-0.2, -0.15) is 0 Å². The summed E-state index contributed by atoms with van der Waals surface area (Å²) in [6.45, 7) is 2.82. The molecule has 2 amide bonds. The van der Waals surface area contributed by atoms with Gasteiger partial charge in [0.2, 0.25) is 0 Å². The van der Waals surface area contributed by atoms with Gasteiger partial charge in [-0.3, -0.25) is 19.4 Å². The fraction of sp³-hybridized carbons (Fsp3) is 0.458. The van der Waals surface area contributed by atoms with E-state index in [0.29, 0.717) is 35.8 Å². The Morgan fingerprint density at radius 2 is 1.94 bits per heavy atom. The molecule has 1 aliphatic rings. The lowest BCUT2D eigenvalue weighted by Crippen LogP contribution is -2.47. The van der Waals surface area contributed by atoms with Gasteiger partial charge in [-0.05, 0) is 43.7 Å². The van der Waals surface area contributed by atoms with Crippen molar-refractivity contribution in [3.63, 3.8) is 0 Å². The predicted molar refractivity (Wildman–Crippen MR) is 118 cm³/mol. The lowest BCUT2D eigenvalue weighted by molar-refractivity contribution is -0.171. The maximum absolute atomic E-state index is 13.2. The van der Waals surface area contributed by atoms with Crippen LogP contribution in [0.4, 0.5) is 0 Å². The van der Waals surface area contributed by atoms with Gasteiger partial charge in [-0.15, -0.1) is 0 Å². The summed E-state index contributed by atoms with van der Waals surface area (Å²) in [7, 11) is 2.99. The SMILES string of the molecule is CON(C)C(=O)[C@@H]1CCC(C)CCCCOc2ccnc(c2)-c2ccccc2C(=O)N1. The molecule has 3 rings (SSSR count). The van der Waals surface area contributed by atoms with Gasteiger partial charge in [0.05, 0.1) is 19.4 Å². The van der Waals surface area contributed by atoms with E-state index in [1.165, 1.54) is 12.2 Å². The van der Waals surface area contributed by atoms with Crippen molar-refractivity contribution in [1.82, 2.24) is 15.4 Å². The normalized spacial score (nSPS) is 20.2. The Morgan fingerprint density at radius 1 is 1.16 bits per heavy atom. The second-order valence-electron chi connectivity index (χ2n) is 7.99. The minimum absolute atomic E-state index is 0.268. The van der Waals surface area contributed by atoms with E-state index in [2.05, 4.69) is 17.2 Å². The number of hydrogen-bond acceptors (Lipinski definition) is 5. The maximum Gasteiger partial charge on any atom is 0.268 e. The van der Waals surface area contributed by atoms with E-state index in [0.717, 1.165) is 31.4 Å². The van der Waals surface area contributed by atoms with Crippen molar-refractivity contribution in [1.29, 1.82) is 0 Å². The Bertz CT molecular complexity index is 902. The van der Waals surface area contributed by atoms with Crippen LogP contribution in [0.2, 0.25) is 0 Å². The molecule has 1 aliphatic heterocycles. The monoisotopic (exact) mass is 425 g/mol. The molecule has 1 unspecified atom stereocenters. The highest BCUT2D eigenvalue weighted by Gasteiger charge is 2.26. The first kappa shape index (κ1) is 22.7. The number of hydrogen-bond donors (Lipinski definition) is 1. The lowest BCUT2D eigenvalue weighted by Gasteiger charge is -2.24. The molecule has 0 saturated carbocycles. The van der Waals surface area contributed by atoms with Gasteiger partial charge in [0, 0.05) is 30.4 Å². The van der Waals surface area contributed by atoms with Crippen molar-refractivity contribution in [3.8, 4) is 17.0 Å². The molecule has 2 atom stereocenters. The number of benzene rings is 1. The van der Waals surface area contributed by atoms with Crippen LogP contribution in [0.3, 0.4) is 0 Å². The molecule has 166 valence electrons. The molecule has 2 bridgehead atoms. The fourth-order valence-electron chi connectivity index (χ4n) is 3.74. The number of carbonyl (C=O) groups is 2. The van der Waals surface area contributed by atoms with Crippen LogP contribution in [0.25, 0.3) is 11.3 Å². The van der Waals surface area contributed by atoms with E-state index in [1.807, 2.05) is 24.3 Å². The van der Waals surface area contributed by atoms with Crippen LogP contribution in [0, 0.1) is 5.92 Å². The molecule has 1 N–H and O–H groups in total. The van der Waals surface area contributed by atoms with Crippen LogP contribution < -0.4 is 10.1 Å². The molecular weight excluding hydrogens is 394 g/mol. The Hall–Kier alpha value is -2.93. The quantitative estimate of drug-likeness (QED) is 0.740. The molecule has 7 nitrogen and oxygen atoms in total. The molecule has 0 fully saturated rings. The van der Waals surface area contributed by atoms with Crippen LogP contribution in [-0.2, 0) is 9.63 Å². The van der Waals surface area contributed by atoms with Gasteiger partial charge in [0.15, 0.2) is 0 Å². The van der Waals surface area contributed by atoms with Gasteiger partial charge < -0.3 is 10.1 Å². The summed E-state index contributed by atoms with van der Waals surface area (Å²) in [5.74, 6) is 0.587. The molecular formula is C24H31N3O4. The Labute approximate surface area is 183 Å². The first-order chi connectivity index (χ1) is 15.0. The standard InChI is InChI=1S/C24H31N3O4/c1-17-8-6-7-15-31-18-13-14-25-22(16-18)19-9-4-5-10-20(19)23(28)26-21(12-11-17)24(29)27(2)30-3/h4-5,9-10,13-14,16-17,21H,6-8,11-12,15H2,1-3H3,(H,26,28)/t17?,21-/m0/s1. The number of carbonyl (C=O) groups excluding carboxylic acids is 2. The van der Waals surface area contributed by atoms with Crippen molar-refractivity contribution in [2.24, 2.45) is 5.92 Å². The molecule has 2 aromatic rings. The first-order valence-corrected chi connectivity index (χ1v) is 10.8. The average molecular weight is 426 g/mol. The summed E-state index contributed by atoms with van der Waals surface area (Å²) >= 11 is 0. The Balaban J connectivity index is 1.95. The third-order valence-electron chi connectivity index (χ3n) is 5.67. The highest BCUT2D eigenvalue weighted by atomic mass is 16.7. The highest BCUT2D eigenvalue weighted by Crippen LogP contribution is 2.26. The number of nitrogens with one attached hydrogen (secondary N) is 1. The topological polar surface area (TPSA) is 80.8 Å². The third kappa shape index (κ3) is 6.04. The van der Waals surface area contributed by atoms with E-state index < -0.39 is 6.04 Å². The summed E-state index contributed by atoms with van der Waals surface area (Å²) in [4.78, 5) is 35.6. The van der Waals surface area contributed by atoms with E-state index in [9.17, 15) is 9.59 Å². The minimum Gasteiger partial charge on any atom is -0.493 e. The summed E-state index contributed by atoms with van der Waals surface area (Å²) in [5.41, 5.74) is 1.81. The number of hydroxylamine groups is 2. The summed E-state index contributed by atoms with van der Waals surface area (Å²) in [5, 5.41) is 4.10.